The molecule has 0 aliphatic rings. The van der Waals surface area contributed by atoms with E-state index in [-0.39, 0.29) is 16.8 Å². The minimum absolute atomic E-state index is 0.145. The Labute approximate surface area is 112 Å². The highest BCUT2D eigenvalue weighted by Gasteiger charge is 2.17. The lowest BCUT2D eigenvalue weighted by Gasteiger charge is -2.09. The first-order chi connectivity index (χ1) is 8.97. The quantitative estimate of drug-likeness (QED) is 0.783. The van der Waals surface area contributed by atoms with Crippen LogP contribution in [0.4, 0.5) is 0 Å². The molecule has 8 heteroatoms. The maximum Gasteiger partial charge on any atom is 0.347 e. The number of aromatic carboxylic acids is 1. The second-order valence-electron chi connectivity index (χ2n) is 4.00. The molecule has 2 rings (SSSR count). The molecule has 2 aromatic heterocycles. The Morgan fingerprint density at radius 1 is 1.53 bits per heavy atom. The molecular formula is C11H12N4O3S. The van der Waals surface area contributed by atoms with E-state index < -0.39 is 5.97 Å². The van der Waals surface area contributed by atoms with Crippen LogP contribution in [0, 0.1) is 6.92 Å². The first-order valence-corrected chi connectivity index (χ1v) is 6.31. The fraction of sp³-hybridized carbons (Fsp3) is 0.273. The minimum atomic E-state index is -1.02. The molecular weight excluding hydrogens is 268 g/mol. The van der Waals surface area contributed by atoms with Crippen LogP contribution < -0.4 is 5.32 Å². The molecule has 1 amide bonds. The molecule has 0 saturated heterocycles. The third kappa shape index (κ3) is 2.97. The fourth-order valence-corrected chi connectivity index (χ4v) is 2.21. The number of thiazole rings is 1. The highest BCUT2D eigenvalue weighted by atomic mass is 32.1. The zero-order chi connectivity index (χ0) is 14.0. The summed E-state index contributed by atoms with van der Waals surface area (Å²) >= 11 is 1.04. The van der Waals surface area contributed by atoms with Crippen molar-refractivity contribution in [2.75, 3.05) is 0 Å². The van der Waals surface area contributed by atoms with Crippen molar-refractivity contribution >= 4 is 23.2 Å². The van der Waals surface area contributed by atoms with Crippen LogP contribution in [0.2, 0.25) is 0 Å². The van der Waals surface area contributed by atoms with Crippen LogP contribution in [0.3, 0.4) is 0 Å². The summed E-state index contributed by atoms with van der Waals surface area (Å²) in [6.45, 7) is 3.54. The molecule has 19 heavy (non-hydrogen) atoms. The summed E-state index contributed by atoms with van der Waals surface area (Å²) in [7, 11) is 0. The monoisotopic (exact) mass is 280 g/mol. The lowest BCUT2D eigenvalue weighted by molar-refractivity contribution is 0.0701. The molecule has 0 aliphatic carbocycles. The summed E-state index contributed by atoms with van der Waals surface area (Å²) in [6.07, 6.45) is 1.28. The molecule has 2 heterocycles. The number of rotatable bonds is 4. The van der Waals surface area contributed by atoms with Gasteiger partial charge in [0.05, 0.1) is 12.2 Å². The number of nitrogens with one attached hydrogen (secondary N) is 2. The van der Waals surface area contributed by atoms with Gasteiger partial charge in [-0.15, -0.1) is 11.3 Å². The van der Waals surface area contributed by atoms with Crippen molar-refractivity contribution in [1.29, 1.82) is 0 Å². The van der Waals surface area contributed by atoms with Gasteiger partial charge in [-0.2, -0.15) is 5.10 Å². The van der Waals surface area contributed by atoms with Crippen molar-refractivity contribution < 1.29 is 14.7 Å². The van der Waals surface area contributed by atoms with Gasteiger partial charge in [-0.05, 0) is 19.9 Å². The third-order valence-corrected chi connectivity index (χ3v) is 3.56. The van der Waals surface area contributed by atoms with Crippen LogP contribution in [-0.2, 0) is 0 Å². The number of hydrogen-bond acceptors (Lipinski definition) is 5. The number of carbonyl (C=O) groups excluding carboxylic acids is 1. The number of carboxylic acids is 1. The number of hydrogen-bond donors (Lipinski definition) is 3. The van der Waals surface area contributed by atoms with Crippen LogP contribution in [-0.4, -0.2) is 32.2 Å². The molecule has 1 unspecified atom stereocenters. The molecule has 100 valence electrons. The van der Waals surface area contributed by atoms with Gasteiger partial charge in [-0.3, -0.25) is 9.89 Å². The molecule has 0 aliphatic heterocycles. The zero-order valence-electron chi connectivity index (χ0n) is 10.3. The lowest BCUT2D eigenvalue weighted by Crippen LogP contribution is -2.26. The molecule has 0 saturated carbocycles. The van der Waals surface area contributed by atoms with E-state index in [1.807, 2.05) is 0 Å². The first-order valence-electron chi connectivity index (χ1n) is 5.49. The number of amides is 1. The highest BCUT2D eigenvalue weighted by molar-refractivity contribution is 7.13. The molecule has 3 N–H and O–H groups in total. The van der Waals surface area contributed by atoms with Gasteiger partial charge in [0, 0.05) is 5.69 Å². The molecule has 0 fully saturated rings. The minimum Gasteiger partial charge on any atom is -0.477 e. The number of aryl methyl sites for hydroxylation is 1. The van der Waals surface area contributed by atoms with Gasteiger partial charge in [0.2, 0.25) is 0 Å². The number of H-pyrrole nitrogens is 1. The van der Waals surface area contributed by atoms with Crippen LogP contribution in [0.5, 0.6) is 0 Å². The van der Waals surface area contributed by atoms with Gasteiger partial charge >= 0.3 is 5.97 Å². The van der Waals surface area contributed by atoms with E-state index in [1.54, 1.807) is 19.9 Å². The summed E-state index contributed by atoms with van der Waals surface area (Å²) in [6, 6.07) is 1.26. The molecule has 0 radical (unpaired) electrons. The maximum atomic E-state index is 11.8. The van der Waals surface area contributed by atoms with Crippen molar-refractivity contribution in [2.24, 2.45) is 0 Å². The Morgan fingerprint density at radius 3 is 2.79 bits per heavy atom. The predicted octanol–water partition coefficient (Wildman–Crippen LogP) is 1.36. The van der Waals surface area contributed by atoms with Crippen LogP contribution in [0.25, 0.3) is 0 Å². The van der Waals surface area contributed by atoms with Crippen molar-refractivity contribution in [3.05, 3.63) is 33.5 Å². The summed E-state index contributed by atoms with van der Waals surface area (Å²) in [5.74, 6) is -1.35. The average Bonchev–Trinajstić information content (AvgIpc) is 2.96. The summed E-state index contributed by atoms with van der Waals surface area (Å²) in [5.41, 5.74) is 1.08. The van der Waals surface area contributed by atoms with Gasteiger partial charge in [0.25, 0.3) is 5.91 Å². The van der Waals surface area contributed by atoms with Crippen molar-refractivity contribution in [2.45, 2.75) is 19.9 Å². The molecule has 7 nitrogen and oxygen atoms in total. The predicted molar refractivity (Wildman–Crippen MR) is 68.3 cm³/mol. The molecule has 0 bridgehead atoms. The normalized spacial score (nSPS) is 12.1. The summed E-state index contributed by atoms with van der Waals surface area (Å²) in [4.78, 5) is 26.7. The topological polar surface area (TPSA) is 108 Å². The molecule has 0 aromatic carbocycles. The van der Waals surface area contributed by atoms with E-state index in [9.17, 15) is 9.59 Å². The Kier molecular flexibility index (Phi) is 3.61. The van der Waals surface area contributed by atoms with Gasteiger partial charge in [0.1, 0.15) is 15.6 Å². The zero-order valence-corrected chi connectivity index (χ0v) is 11.1. The van der Waals surface area contributed by atoms with E-state index in [0.29, 0.717) is 10.7 Å². The van der Waals surface area contributed by atoms with Crippen molar-refractivity contribution in [3.8, 4) is 0 Å². The number of nitrogens with zero attached hydrogens (tertiary/aromatic N) is 2. The van der Waals surface area contributed by atoms with Crippen LogP contribution in [0.15, 0.2) is 12.3 Å². The fourth-order valence-electron chi connectivity index (χ4n) is 1.45. The molecule has 0 spiro atoms. The Bertz CT molecular complexity index is 619. The van der Waals surface area contributed by atoms with Crippen LogP contribution >= 0.6 is 11.3 Å². The van der Waals surface area contributed by atoms with E-state index in [4.69, 9.17) is 5.11 Å². The van der Waals surface area contributed by atoms with E-state index in [2.05, 4.69) is 20.5 Å². The van der Waals surface area contributed by atoms with Gasteiger partial charge in [-0.25, -0.2) is 9.78 Å². The molecule has 1 atom stereocenters. The average molecular weight is 280 g/mol. The van der Waals surface area contributed by atoms with Crippen molar-refractivity contribution in [1.82, 2.24) is 20.5 Å². The van der Waals surface area contributed by atoms with Crippen molar-refractivity contribution in [3.63, 3.8) is 0 Å². The highest BCUT2D eigenvalue weighted by Crippen LogP contribution is 2.20. The second kappa shape index (κ2) is 5.19. The third-order valence-electron chi connectivity index (χ3n) is 2.39. The van der Waals surface area contributed by atoms with E-state index in [1.165, 1.54) is 6.20 Å². The second-order valence-corrected chi connectivity index (χ2v) is 5.06. The van der Waals surface area contributed by atoms with Crippen LogP contribution in [0.1, 0.15) is 43.8 Å². The van der Waals surface area contributed by atoms with Gasteiger partial charge in [0.15, 0.2) is 0 Å². The SMILES string of the molecule is Cc1cc(C(=O)NC(C)c2ncc(C(=O)O)s2)n[nH]1. The molecule has 2 aromatic rings. The lowest BCUT2D eigenvalue weighted by atomic mass is 10.3. The van der Waals surface area contributed by atoms with E-state index >= 15 is 0 Å². The smallest absolute Gasteiger partial charge is 0.347 e. The number of carbonyl (C=O) groups is 2. The summed E-state index contributed by atoms with van der Waals surface area (Å²) < 4.78 is 0. The van der Waals surface area contributed by atoms with Gasteiger partial charge in [-0.1, -0.05) is 0 Å². The number of carboxylic acid groups (broad SMARTS) is 1. The largest absolute Gasteiger partial charge is 0.477 e. The Balaban J connectivity index is 2.05. The standard InChI is InChI=1S/C11H12N4O3S/c1-5-3-7(15-14-5)9(16)13-6(2)10-12-4-8(19-10)11(17)18/h3-4,6H,1-2H3,(H,13,16)(H,14,15)(H,17,18). The maximum absolute atomic E-state index is 11.8. The van der Waals surface area contributed by atoms with Gasteiger partial charge < -0.3 is 10.4 Å². The Hall–Kier alpha value is -2.22. The number of aromatic nitrogens is 3. The number of aromatic amines is 1. The van der Waals surface area contributed by atoms with E-state index in [0.717, 1.165) is 17.0 Å². The first kappa shape index (κ1) is 13.2. The Morgan fingerprint density at radius 2 is 2.26 bits per heavy atom. The summed E-state index contributed by atoms with van der Waals surface area (Å²) in [5, 5.41) is 18.6.